The van der Waals surface area contributed by atoms with E-state index >= 15 is 0 Å². The molecule has 7 nitrogen and oxygen atoms in total. The number of methoxy groups -OCH3 is 1. The topological polar surface area (TPSA) is 83.2 Å². The Morgan fingerprint density at radius 1 is 1.18 bits per heavy atom. The molecule has 0 spiro atoms. The zero-order valence-corrected chi connectivity index (χ0v) is 18.8. The number of benzene rings is 2. The van der Waals surface area contributed by atoms with Gasteiger partial charge in [-0.05, 0) is 49.2 Å². The second-order valence-electron chi connectivity index (χ2n) is 7.30. The minimum absolute atomic E-state index is 0.0151. The van der Waals surface area contributed by atoms with Crippen LogP contribution in [0.5, 0.6) is 5.75 Å². The summed E-state index contributed by atoms with van der Waals surface area (Å²) in [5, 5.41) is 7.87. The molecule has 2 aromatic carbocycles. The lowest BCUT2D eigenvalue weighted by Crippen LogP contribution is -2.05. The lowest BCUT2D eigenvalue weighted by atomic mass is 10.1. The van der Waals surface area contributed by atoms with E-state index in [4.69, 9.17) is 18.8 Å². The summed E-state index contributed by atoms with van der Waals surface area (Å²) in [7, 11) is 1.32. The summed E-state index contributed by atoms with van der Waals surface area (Å²) in [6.45, 7) is 3.94. The maximum absolute atomic E-state index is 12.9. The van der Waals surface area contributed by atoms with E-state index in [9.17, 15) is 18.0 Å². The Morgan fingerprint density at radius 3 is 2.56 bits per heavy atom. The van der Waals surface area contributed by atoms with E-state index in [1.54, 1.807) is 19.1 Å². The summed E-state index contributed by atoms with van der Waals surface area (Å²) in [5.41, 5.74) is 2.02. The molecule has 180 valence electrons. The van der Waals surface area contributed by atoms with E-state index in [0.29, 0.717) is 29.2 Å². The molecule has 0 aliphatic carbocycles. The molecule has 0 saturated carbocycles. The average Bonchev–Trinajstić information content (AvgIpc) is 3.19. The molecular formula is C24H23F3N2O5. The summed E-state index contributed by atoms with van der Waals surface area (Å²) >= 11 is 0. The molecule has 0 fully saturated rings. The molecule has 0 amide bonds. The smallest absolute Gasteiger partial charge is 0.416 e. The fourth-order valence-corrected chi connectivity index (χ4v) is 3.15. The Bertz CT molecular complexity index is 1150. The number of carbonyl (C=O) groups excluding carboxylic acids is 1. The van der Waals surface area contributed by atoms with Crippen molar-refractivity contribution in [3.8, 4) is 17.1 Å². The molecule has 1 heterocycles. The number of oxime groups is 1. The predicted octanol–water partition coefficient (Wildman–Crippen LogP) is 5.33. The van der Waals surface area contributed by atoms with Gasteiger partial charge in [-0.3, -0.25) is 4.79 Å². The second kappa shape index (κ2) is 10.9. The normalized spacial score (nSPS) is 11.6. The number of alkyl halides is 3. The van der Waals surface area contributed by atoms with Crippen molar-refractivity contribution in [3.05, 3.63) is 70.4 Å². The zero-order valence-electron chi connectivity index (χ0n) is 18.8. The summed E-state index contributed by atoms with van der Waals surface area (Å²) < 4.78 is 54.7. The van der Waals surface area contributed by atoms with Crippen LogP contribution < -0.4 is 4.74 Å². The van der Waals surface area contributed by atoms with Crippen LogP contribution in [0.3, 0.4) is 0 Å². The highest BCUT2D eigenvalue weighted by molar-refractivity contribution is 5.89. The molecule has 0 aliphatic heterocycles. The van der Waals surface area contributed by atoms with Crippen molar-refractivity contribution in [3.63, 3.8) is 0 Å². The first-order valence-electron chi connectivity index (χ1n) is 10.3. The van der Waals surface area contributed by atoms with Gasteiger partial charge in [0, 0.05) is 5.56 Å². The zero-order chi connectivity index (χ0) is 24.7. The fraction of sp³-hybridized carbons (Fsp3) is 0.292. The number of aromatic nitrogens is 1. The number of hydrogen-bond acceptors (Lipinski definition) is 7. The van der Waals surface area contributed by atoms with E-state index in [2.05, 4.69) is 10.3 Å². The van der Waals surface area contributed by atoms with Crippen LogP contribution in [0.15, 0.2) is 52.1 Å². The van der Waals surface area contributed by atoms with Crippen LogP contribution in [0.4, 0.5) is 13.2 Å². The minimum Gasteiger partial charge on any atom is -0.487 e. The Kier molecular flexibility index (Phi) is 7.93. The van der Waals surface area contributed by atoms with E-state index in [-0.39, 0.29) is 24.8 Å². The van der Waals surface area contributed by atoms with Gasteiger partial charge in [0.2, 0.25) is 0 Å². The van der Waals surface area contributed by atoms with Crippen molar-refractivity contribution in [2.45, 2.75) is 33.1 Å². The molecule has 10 heteroatoms. The average molecular weight is 476 g/mol. The molecule has 0 unspecified atom stereocenters. The number of halogens is 3. The Hall–Kier alpha value is -3.82. The molecule has 0 N–H and O–H groups in total. The van der Waals surface area contributed by atoms with Gasteiger partial charge in [0.25, 0.3) is 0 Å². The lowest BCUT2D eigenvalue weighted by Gasteiger charge is -2.09. The van der Waals surface area contributed by atoms with E-state index in [1.807, 2.05) is 13.0 Å². The molecule has 0 bridgehead atoms. The number of nitrogens with zero attached hydrogens (tertiary/aromatic N) is 2. The Balaban J connectivity index is 1.86. The van der Waals surface area contributed by atoms with Gasteiger partial charge in [-0.25, -0.2) is 0 Å². The second-order valence-corrected chi connectivity index (χ2v) is 7.30. The molecule has 0 aliphatic rings. The SMILES string of the molecule is CCON=Cc1c(COc2cc(C)cc(CC(=O)OC)c2)noc1-c1ccc(C(F)(F)F)cc1. The van der Waals surface area contributed by atoms with Crippen LogP contribution >= 0.6 is 0 Å². The molecular weight excluding hydrogens is 453 g/mol. The van der Waals surface area contributed by atoms with Gasteiger partial charge in [-0.15, -0.1) is 0 Å². The third kappa shape index (κ3) is 6.37. The third-order valence-electron chi connectivity index (χ3n) is 4.72. The number of aryl methyl sites for hydroxylation is 1. The highest BCUT2D eigenvalue weighted by Crippen LogP contribution is 2.32. The van der Waals surface area contributed by atoms with Crippen molar-refractivity contribution < 1.29 is 36.8 Å². The Morgan fingerprint density at radius 2 is 1.91 bits per heavy atom. The van der Waals surface area contributed by atoms with Gasteiger partial charge >= 0.3 is 12.1 Å². The molecule has 3 aromatic rings. The summed E-state index contributed by atoms with van der Waals surface area (Å²) in [6.07, 6.45) is -2.97. The number of ether oxygens (including phenoxy) is 2. The van der Waals surface area contributed by atoms with Gasteiger partial charge < -0.3 is 18.8 Å². The molecule has 0 radical (unpaired) electrons. The summed E-state index contributed by atoms with van der Waals surface area (Å²) in [4.78, 5) is 16.6. The van der Waals surface area contributed by atoms with Crippen molar-refractivity contribution in [2.24, 2.45) is 5.16 Å². The van der Waals surface area contributed by atoms with Crippen LogP contribution in [0.1, 0.15) is 34.9 Å². The molecule has 0 saturated heterocycles. The highest BCUT2D eigenvalue weighted by Gasteiger charge is 2.30. The Labute approximate surface area is 194 Å². The number of rotatable bonds is 9. The fourth-order valence-electron chi connectivity index (χ4n) is 3.15. The van der Waals surface area contributed by atoms with Gasteiger partial charge in [0.15, 0.2) is 5.76 Å². The number of carbonyl (C=O) groups is 1. The maximum Gasteiger partial charge on any atom is 0.416 e. The standard InChI is InChI=1S/C24H23F3N2O5/c1-4-33-28-13-20-21(14-32-19-10-15(2)9-16(11-19)12-22(30)31-3)29-34-23(20)17-5-7-18(8-6-17)24(25,26)27/h5-11,13H,4,12,14H2,1-3H3. The van der Waals surface area contributed by atoms with E-state index < -0.39 is 11.7 Å². The van der Waals surface area contributed by atoms with Crippen LogP contribution in [-0.4, -0.2) is 31.1 Å². The summed E-state index contributed by atoms with van der Waals surface area (Å²) in [5.74, 6) is 0.362. The first-order chi connectivity index (χ1) is 16.2. The first-order valence-corrected chi connectivity index (χ1v) is 10.3. The maximum atomic E-state index is 12.9. The number of hydrogen-bond donors (Lipinski definition) is 0. The largest absolute Gasteiger partial charge is 0.487 e. The van der Waals surface area contributed by atoms with Crippen LogP contribution in [0.25, 0.3) is 11.3 Å². The molecule has 34 heavy (non-hydrogen) atoms. The van der Waals surface area contributed by atoms with Crippen LogP contribution in [0.2, 0.25) is 0 Å². The van der Waals surface area contributed by atoms with Crippen LogP contribution in [-0.2, 0) is 33.6 Å². The molecule has 0 atom stereocenters. The van der Waals surface area contributed by atoms with Crippen molar-refractivity contribution in [2.75, 3.05) is 13.7 Å². The van der Waals surface area contributed by atoms with Crippen molar-refractivity contribution in [1.29, 1.82) is 0 Å². The van der Waals surface area contributed by atoms with E-state index in [1.165, 1.54) is 25.5 Å². The van der Waals surface area contributed by atoms with Gasteiger partial charge in [-0.1, -0.05) is 28.5 Å². The molecule has 3 rings (SSSR count). The van der Waals surface area contributed by atoms with Crippen molar-refractivity contribution >= 4 is 12.2 Å². The first kappa shape index (κ1) is 24.8. The van der Waals surface area contributed by atoms with Crippen molar-refractivity contribution in [1.82, 2.24) is 5.16 Å². The third-order valence-corrected chi connectivity index (χ3v) is 4.72. The molecule has 1 aromatic heterocycles. The van der Waals surface area contributed by atoms with Crippen LogP contribution in [0, 0.1) is 6.92 Å². The quantitative estimate of drug-likeness (QED) is 0.236. The lowest BCUT2D eigenvalue weighted by molar-refractivity contribution is -0.140. The predicted molar refractivity (Wildman–Crippen MR) is 117 cm³/mol. The highest BCUT2D eigenvalue weighted by atomic mass is 19.4. The van der Waals surface area contributed by atoms with Gasteiger partial charge in [0.05, 0.1) is 30.9 Å². The minimum atomic E-state index is -4.45. The monoisotopic (exact) mass is 476 g/mol. The van der Waals surface area contributed by atoms with E-state index in [0.717, 1.165) is 23.3 Å². The van der Waals surface area contributed by atoms with Gasteiger partial charge in [0.1, 0.15) is 24.7 Å². The van der Waals surface area contributed by atoms with Gasteiger partial charge in [-0.2, -0.15) is 13.2 Å². The summed E-state index contributed by atoms with van der Waals surface area (Å²) in [6, 6.07) is 9.89. The number of esters is 1.